The number of carbonyl (C=O) groups excluding carboxylic acids is 1. The van der Waals surface area contributed by atoms with Crippen LogP contribution in [-0.4, -0.2) is 57.1 Å². The predicted molar refractivity (Wildman–Crippen MR) is 158 cm³/mol. The Kier molecular flexibility index (Phi) is 7.83. The Bertz CT molecular complexity index is 1690. The van der Waals surface area contributed by atoms with Crippen molar-refractivity contribution in [2.45, 2.75) is 33.7 Å². The van der Waals surface area contributed by atoms with Crippen LogP contribution in [0.25, 0.3) is 16.8 Å². The highest BCUT2D eigenvalue weighted by Crippen LogP contribution is 2.32. The Morgan fingerprint density at radius 3 is 2.52 bits per heavy atom. The van der Waals surface area contributed by atoms with Crippen molar-refractivity contribution in [2.24, 2.45) is 0 Å². The fourth-order valence-electron chi connectivity index (χ4n) is 5.36. The second-order valence-corrected chi connectivity index (χ2v) is 10.4. The molecule has 0 unspecified atom stereocenters. The highest BCUT2D eigenvalue weighted by atomic mass is 16.5. The quantitative estimate of drug-likeness (QED) is 0.286. The van der Waals surface area contributed by atoms with E-state index in [1.807, 2.05) is 75.4 Å². The summed E-state index contributed by atoms with van der Waals surface area (Å²) >= 11 is 0. The third kappa shape index (κ3) is 5.82. The molecule has 0 N–H and O–H groups in total. The molecule has 2 aromatic heterocycles. The Morgan fingerprint density at radius 2 is 1.71 bits per heavy atom. The van der Waals surface area contributed by atoms with Gasteiger partial charge < -0.3 is 18.9 Å². The maximum atomic E-state index is 13.7. The van der Waals surface area contributed by atoms with Gasteiger partial charge in [-0.05, 0) is 67.3 Å². The van der Waals surface area contributed by atoms with Crippen LogP contribution in [0.15, 0.2) is 77.3 Å². The number of rotatable bonds is 3. The van der Waals surface area contributed by atoms with Gasteiger partial charge in [-0.1, -0.05) is 53.7 Å². The lowest BCUT2D eigenvalue weighted by Crippen LogP contribution is -2.34. The van der Waals surface area contributed by atoms with E-state index in [0.29, 0.717) is 45.2 Å². The maximum absolute atomic E-state index is 13.7. The zero-order chi connectivity index (χ0) is 29.1. The Hall–Kier alpha value is -4.76. The topological polar surface area (TPSA) is 95.5 Å². The molecule has 0 saturated carbocycles. The van der Waals surface area contributed by atoms with E-state index in [0.717, 1.165) is 50.7 Å². The van der Waals surface area contributed by atoms with E-state index in [-0.39, 0.29) is 11.7 Å². The molecular formula is C33H33N5O4. The SMILES string of the molecule is Cc1noc(C)c1-c1ccc2c(c1)Cc1cccc(c1)CN(C(=O)c1nc(C)n(-c3ccccc3)n1)CCOCCO2. The van der Waals surface area contributed by atoms with Crippen molar-refractivity contribution in [1.29, 1.82) is 0 Å². The van der Waals surface area contributed by atoms with Gasteiger partial charge in [0.05, 0.1) is 24.6 Å². The lowest BCUT2D eigenvalue weighted by Gasteiger charge is -2.22. The van der Waals surface area contributed by atoms with E-state index in [1.54, 1.807) is 9.58 Å². The molecule has 0 saturated heterocycles. The van der Waals surface area contributed by atoms with E-state index in [2.05, 4.69) is 33.4 Å². The first kappa shape index (κ1) is 27.4. The van der Waals surface area contributed by atoms with Gasteiger partial charge >= 0.3 is 0 Å². The smallest absolute Gasteiger partial charge is 0.293 e. The summed E-state index contributed by atoms with van der Waals surface area (Å²) in [5.74, 6) is 2.19. The van der Waals surface area contributed by atoms with E-state index in [4.69, 9.17) is 14.0 Å². The number of fused-ring (bicyclic) bond motifs is 3. The molecular weight excluding hydrogens is 530 g/mol. The van der Waals surface area contributed by atoms with Crippen LogP contribution in [0, 0.1) is 20.8 Å². The summed E-state index contributed by atoms with van der Waals surface area (Å²) in [6, 6.07) is 24.2. The normalized spacial score (nSPS) is 14.1. The van der Waals surface area contributed by atoms with Crippen molar-refractivity contribution in [1.82, 2.24) is 24.8 Å². The number of aromatic nitrogens is 4. The number of para-hydroxylation sites is 1. The van der Waals surface area contributed by atoms with Crippen LogP contribution in [0.2, 0.25) is 0 Å². The number of aryl methyl sites for hydroxylation is 3. The number of hydrogen-bond donors (Lipinski definition) is 0. The van der Waals surface area contributed by atoms with E-state index in [9.17, 15) is 4.79 Å². The third-order valence-corrected chi connectivity index (χ3v) is 7.38. The lowest BCUT2D eigenvalue weighted by molar-refractivity contribution is 0.0562. The molecule has 1 aliphatic rings. The molecule has 214 valence electrons. The minimum absolute atomic E-state index is 0.165. The van der Waals surface area contributed by atoms with Gasteiger partial charge in [0.1, 0.15) is 23.9 Å². The molecule has 9 nitrogen and oxygen atoms in total. The molecule has 2 bridgehead atoms. The Balaban J connectivity index is 1.29. The molecule has 9 heteroatoms. The van der Waals surface area contributed by atoms with Crippen molar-refractivity contribution in [3.05, 3.63) is 113 Å². The molecule has 0 aliphatic carbocycles. The van der Waals surface area contributed by atoms with Gasteiger partial charge in [-0.25, -0.2) is 9.67 Å². The fourth-order valence-corrected chi connectivity index (χ4v) is 5.36. The number of carbonyl (C=O) groups is 1. The van der Waals surface area contributed by atoms with Gasteiger partial charge in [0, 0.05) is 25.1 Å². The Morgan fingerprint density at radius 1 is 0.881 bits per heavy atom. The number of ether oxygens (including phenoxy) is 2. The van der Waals surface area contributed by atoms with Crippen LogP contribution in [0.3, 0.4) is 0 Å². The zero-order valence-corrected chi connectivity index (χ0v) is 24.0. The number of benzene rings is 3. The van der Waals surface area contributed by atoms with E-state index < -0.39 is 0 Å². The molecule has 1 amide bonds. The predicted octanol–water partition coefficient (Wildman–Crippen LogP) is 5.49. The largest absolute Gasteiger partial charge is 0.491 e. The highest BCUT2D eigenvalue weighted by molar-refractivity contribution is 5.90. The van der Waals surface area contributed by atoms with Crippen molar-refractivity contribution >= 4 is 5.91 Å². The second kappa shape index (κ2) is 12.0. The molecule has 3 aromatic carbocycles. The molecule has 0 spiro atoms. The van der Waals surface area contributed by atoms with Crippen LogP contribution in [0.5, 0.6) is 5.75 Å². The third-order valence-electron chi connectivity index (χ3n) is 7.38. The molecule has 42 heavy (non-hydrogen) atoms. The molecule has 0 atom stereocenters. The average Bonchev–Trinajstić information content (AvgIpc) is 3.55. The van der Waals surface area contributed by atoms with Gasteiger partial charge in [0.15, 0.2) is 0 Å². The maximum Gasteiger partial charge on any atom is 0.293 e. The number of amides is 1. The standard InChI is InChI=1S/C33H33N5O4/c1-22-31(23(2)42-36-22)27-12-13-30-28(20-27)19-25-8-7-9-26(18-25)21-37(14-15-40-16-17-41-30)33(39)32-34-24(3)38(35-32)29-10-5-4-6-11-29/h4-13,18,20H,14-17,19,21H2,1-3H3. The van der Waals surface area contributed by atoms with Gasteiger partial charge in [-0.3, -0.25) is 4.79 Å². The first-order chi connectivity index (χ1) is 20.5. The van der Waals surface area contributed by atoms with Crippen molar-refractivity contribution < 1.29 is 18.8 Å². The van der Waals surface area contributed by atoms with Gasteiger partial charge in [-0.2, -0.15) is 0 Å². The van der Waals surface area contributed by atoms with Crippen LogP contribution >= 0.6 is 0 Å². The highest BCUT2D eigenvalue weighted by Gasteiger charge is 2.23. The van der Waals surface area contributed by atoms with Crippen LogP contribution < -0.4 is 4.74 Å². The Labute approximate surface area is 244 Å². The van der Waals surface area contributed by atoms with Crippen molar-refractivity contribution in [3.8, 4) is 22.6 Å². The van der Waals surface area contributed by atoms with Crippen LogP contribution in [0.4, 0.5) is 0 Å². The summed E-state index contributed by atoms with van der Waals surface area (Å²) in [4.78, 5) is 19.9. The minimum atomic E-state index is -0.237. The summed E-state index contributed by atoms with van der Waals surface area (Å²) < 4.78 is 19.2. The lowest BCUT2D eigenvalue weighted by atomic mass is 9.96. The van der Waals surface area contributed by atoms with Crippen molar-refractivity contribution in [3.63, 3.8) is 0 Å². The number of hydrogen-bond acceptors (Lipinski definition) is 7. The zero-order valence-electron chi connectivity index (χ0n) is 24.0. The molecule has 0 radical (unpaired) electrons. The second-order valence-electron chi connectivity index (χ2n) is 10.4. The molecule has 1 aliphatic heterocycles. The summed E-state index contributed by atoms with van der Waals surface area (Å²) in [5, 5.41) is 8.68. The summed E-state index contributed by atoms with van der Waals surface area (Å²) in [6.45, 7) is 7.70. The molecule has 3 heterocycles. The van der Waals surface area contributed by atoms with Gasteiger partial charge in [-0.15, -0.1) is 5.10 Å². The van der Waals surface area contributed by atoms with Gasteiger partial charge in [0.2, 0.25) is 5.82 Å². The van der Waals surface area contributed by atoms with E-state index >= 15 is 0 Å². The minimum Gasteiger partial charge on any atom is -0.491 e. The molecule has 0 fully saturated rings. The summed E-state index contributed by atoms with van der Waals surface area (Å²) in [5.41, 5.74) is 6.95. The van der Waals surface area contributed by atoms with E-state index in [1.165, 1.54) is 0 Å². The summed E-state index contributed by atoms with van der Waals surface area (Å²) in [7, 11) is 0. The summed E-state index contributed by atoms with van der Waals surface area (Å²) in [6.07, 6.45) is 0.664. The molecule has 6 rings (SSSR count). The average molecular weight is 564 g/mol. The first-order valence-corrected chi connectivity index (χ1v) is 14.1. The van der Waals surface area contributed by atoms with Crippen LogP contribution in [-0.2, 0) is 17.7 Å². The first-order valence-electron chi connectivity index (χ1n) is 14.1. The monoisotopic (exact) mass is 563 g/mol. The fraction of sp³-hybridized carbons (Fsp3) is 0.273. The number of nitrogens with zero attached hydrogens (tertiary/aromatic N) is 5. The molecule has 5 aromatic rings. The van der Waals surface area contributed by atoms with Crippen molar-refractivity contribution in [2.75, 3.05) is 26.4 Å². The van der Waals surface area contributed by atoms with Gasteiger partial charge in [0.25, 0.3) is 5.91 Å². The van der Waals surface area contributed by atoms with Crippen LogP contribution in [0.1, 0.15) is 44.6 Å².